The Balaban J connectivity index is 1.75. The Morgan fingerprint density at radius 3 is 2.56 bits per heavy atom. The van der Waals surface area contributed by atoms with Crippen LogP contribution in [0.15, 0.2) is 40.2 Å². The number of carbonyl (C=O) groups is 1. The summed E-state index contributed by atoms with van der Waals surface area (Å²) in [5.74, 6) is -0.508. The molecule has 0 bridgehead atoms. The van der Waals surface area contributed by atoms with Crippen LogP contribution in [0.2, 0.25) is 0 Å². The standard InChI is InChI=1S/C27H31FN6O6S/c1-15(2)31-10-7-19(23(31)36)33-24(37)22-16(3)25(34-29-8-9-30-34)41-26(22)32(27(33)38)14-21(40-12-11-35)18-13-17(28)5-6-20(18)39-4/h5-6,8-9,13,15,19,21,35H,7,10-12,14H2,1-4H3/t19-,21-/m0/s1. The molecule has 0 radical (unpaired) electrons. The summed E-state index contributed by atoms with van der Waals surface area (Å²) in [6.45, 7) is 5.35. The fraction of sp³-hybridized carbons (Fsp3) is 0.444. The first kappa shape index (κ1) is 28.6. The van der Waals surface area contributed by atoms with Crippen LogP contribution in [0.1, 0.15) is 43.5 Å². The lowest BCUT2D eigenvalue weighted by atomic mass is 10.1. The van der Waals surface area contributed by atoms with Gasteiger partial charge in [0, 0.05) is 23.7 Å². The van der Waals surface area contributed by atoms with E-state index in [0.29, 0.717) is 39.7 Å². The molecule has 3 aromatic heterocycles. The van der Waals surface area contributed by atoms with Gasteiger partial charge in [0.15, 0.2) is 0 Å². The lowest BCUT2D eigenvalue weighted by Gasteiger charge is -2.24. The molecule has 218 valence electrons. The molecule has 1 aliphatic rings. The van der Waals surface area contributed by atoms with E-state index in [4.69, 9.17) is 9.47 Å². The summed E-state index contributed by atoms with van der Waals surface area (Å²) >= 11 is 1.15. The van der Waals surface area contributed by atoms with Gasteiger partial charge in [0.1, 0.15) is 33.5 Å². The molecule has 41 heavy (non-hydrogen) atoms. The maximum atomic E-state index is 14.4. The number of hydrogen-bond donors (Lipinski definition) is 1. The number of fused-ring (bicyclic) bond motifs is 1. The van der Waals surface area contributed by atoms with Crippen molar-refractivity contribution in [1.82, 2.24) is 29.0 Å². The molecule has 14 heteroatoms. The average molecular weight is 587 g/mol. The van der Waals surface area contributed by atoms with Crippen LogP contribution in [0.25, 0.3) is 15.2 Å². The van der Waals surface area contributed by atoms with Gasteiger partial charge in [0.2, 0.25) is 5.91 Å². The normalized spacial score (nSPS) is 16.3. The van der Waals surface area contributed by atoms with Crippen molar-refractivity contribution < 1.29 is 23.8 Å². The molecule has 4 heterocycles. The molecule has 1 saturated heterocycles. The van der Waals surface area contributed by atoms with E-state index in [2.05, 4.69) is 10.2 Å². The number of likely N-dealkylation sites (tertiary alicyclic amines) is 1. The Morgan fingerprint density at radius 2 is 1.93 bits per heavy atom. The number of nitrogens with zero attached hydrogens (tertiary/aromatic N) is 6. The molecule has 12 nitrogen and oxygen atoms in total. The molecule has 1 fully saturated rings. The van der Waals surface area contributed by atoms with Crippen LogP contribution in [0.3, 0.4) is 0 Å². The quantitative estimate of drug-likeness (QED) is 0.299. The van der Waals surface area contributed by atoms with Crippen LogP contribution in [0.4, 0.5) is 4.39 Å². The van der Waals surface area contributed by atoms with Crippen molar-refractivity contribution in [1.29, 1.82) is 0 Å². The molecule has 0 saturated carbocycles. The molecule has 1 N–H and O–H groups in total. The lowest BCUT2D eigenvalue weighted by molar-refractivity contribution is -0.131. The fourth-order valence-electron chi connectivity index (χ4n) is 5.30. The minimum atomic E-state index is -0.973. The first-order chi connectivity index (χ1) is 19.7. The van der Waals surface area contributed by atoms with E-state index in [-0.39, 0.29) is 37.1 Å². The van der Waals surface area contributed by atoms with Crippen molar-refractivity contribution >= 4 is 27.5 Å². The Hall–Kier alpha value is -3.88. The van der Waals surface area contributed by atoms with Crippen LogP contribution in [-0.4, -0.2) is 73.0 Å². The summed E-state index contributed by atoms with van der Waals surface area (Å²) in [4.78, 5) is 44.9. The highest BCUT2D eigenvalue weighted by atomic mass is 32.1. The van der Waals surface area contributed by atoms with Gasteiger partial charge in [-0.1, -0.05) is 11.3 Å². The van der Waals surface area contributed by atoms with Crippen molar-refractivity contribution in [2.45, 2.75) is 51.9 Å². The summed E-state index contributed by atoms with van der Waals surface area (Å²) in [6.07, 6.45) is 2.36. The molecule has 5 rings (SSSR count). The predicted octanol–water partition coefficient (Wildman–Crippen LogP) is 2.19. The van der Waals surface area contributed by atoms with Gasteiger partial charge in [0.05, 0.1) is 44.6 Å². The minimum Gasteiger partial charge on any atom is -0.496 e. The lowest BCUT2D eigenvalue weighted by Crippen LogP contribution is -2.45. The van der Waals surface area contributed by atoms with Gasteiger partial charge < -0.3 is 19.5 Å². The number of aliphatic hydroxyl groups excluding tert-OH is 1. The number of hydrogen-bond acceptors (Lipinski definition) is 9. The molecule has 0 aliphatic carbocycles. The van der Waals surface area contributed by atoms with E-state index in [1.165, 1.54) is 47.1 Å². The molecule has 1 aliphatic heterocycles. The predicted molar refractivity (Wildman–Crippen MR) is 149 cm³/mol. The molecule has 1 amide bonds. The average Bonchev–Trinajstić information content (AvgIpc) is 3.68. The van der Waals surface area contributed by atoms with E-state index >= 15 is 0 Å². The van der Waals surface area contributed by atoms with E-state index in [1.807, 2.05) is 13.8 Å². The van der Waals surface area contributed by atoms with Gasteiger partial charge in [-0.25, -0.2) is 13.8 Å². The number of halogens is 1. The number of ether oxygens (including phenoxy) is 2. The van der Waals surface area contributed by atoms with E-state index in [1.54, 1.807) is 11.8 Å². The van der Waals surface area contributed by atoms with Gasteiger partial charge >= 0.3 is 5.69 Å². The van der Waals surface area contributed by atoms with Crippen LogP contribution >= 0.6 is 11.3 Å². The highest BCUT2D eigenvalue weighted by Crippen LogP contribution is 2.34. The van der Waals surface area contributed by atoms with Crippen LogP contribution in [0.5, 0.6) is 5.75 Å². The van der Waals surface area contributed by atoms with Crippen molar-refractivity contribution in [2.75, 3.05) is 26.9 Å². The first-order valence-electron chi connectivity index (χ1n) is 13.2. The summed E-state index contributed by atoms with van der Waals surface area (Å²) in [6, 6.07) is 2.88. The zero-order chi connectivity index (χ0) is 29.4. The third-order valence-electron chi connectivity index (χ3n) is 7.26. The summed E-state index contributed by atoms with van der Waals surface area (Å²) < 4.78 is 28.1. The number of carbonyl (C=O) groups excluding carboxylic acids is 1. The fourth-order valence-corrected chi connectivity index (χ4v) is 6.52. The zero-order valence-corrected chi connectivity index (χ0v) is 23.9. The second kappa shape index (κ2) is 11.5. The van der Waals surface area contributed by atoms with Gasteiger partial charge in [-0.15, -0.1) is 4.80 Å². The number of benzene rings is 1. The van der Waals surface area contributed by atoms with Crippen molar-refractivity contribution in [3.63, 3.8) is 0 Å². The monoisotopic (exact) mass is 586 g/mol. The Kier molecular flexibility index (Phi) is 8.07. The Labute approximate surface area is 238 Å². The smallest absolute Gasteiger partial charge is 0.332 e. The summed E-state index contributed by atoms with van der Waals surface area (Å²) in [5.41, 5.74) is -0.394. The number of aliphatic hydroxyl groups is 1. The molecule has 2 atom stereocenters. The second-order valence-corrected chi connectivity index (χ2v) is 11.0. The van der Waals surface area contributed by atoms with E-state index in [9.17, 15) is 23.9 Å². The SMILES string of the molecule is COc1ccc(F)cc1[C@H](Cn1c(=O)n([C@H]2CCN(C(C)C)C2=O)c(=O)c2c(C)c(-n3nccn3)sc21)OCCO. The molecule has 0 unspecified atom stereocenters. The van der Waals surface area contributed by atoms with Gasteiger partial charge in [-0.2, -0.15) is 10.2 Å². The van der Waals surface area contributed by atoms with Gasteiger partial charge in [-0.3, -0.25) is 14.2 Å². The van der Waals surface area contributed by atoms with Crippen molar-refractivity contribution in [3.05, 3.63) is 68.4 Å². The molecular formula is C27H31FN6O6S. The highest BCUT2D eigenvalue weighted by Gasteiger charge is 2.38. The number of rotatable bonds is 10. The zero-order valence-electron chi connectivity index (χ0n) is 23.1. The number of amides is 1. The molecule has 0 spiro atoms. The Bertz CT molecular complexity index is 1700. The largest absolute Gasteiger partial charge is 0.496 e. The first-order valence-corrected chi connectivity index (χ1v) is 14.0. The van der Waals surface area contributed by atoms with Crippen LogP contribution in [-0.2, 0) is 16.1 Å². The van der Waals surface area contributed by atoms with E-state index < -0.39 is 29.2 Å². The second-order valence-electron chi connectivity index (χ2n) is 10.00. The number of methoxy groups -OCH3 is 1. The number of aryl methyl sites for hydroxylation is 1. The maximum Gasteiger partial charge on any atom is 0.332 e. The maximum absolute atomic E-state index is 14.4. The third-order valence-corrected chi connectivity index (χ3v) is 8.54. The van der Waals surface area contributed by atoms with Crippen LogP contribution < -0.4 is 16.0 Å². The highest BCUT2D eigenvalue weighted by molar-refractivity contribution is 7.21. The number of aromatic nitrogens is 5. The molecule has 1 aromatic carbocycles. The van der Waals surface area contributed by atoms with Crippen molar-refractivity contribution in [2.24, 2.45) is 0 Å². The minimum absolute atomic E-state index is 0.0914. The summed E-state index contributed by atoms with van der Waals surface area (Å²) in [7, 11) is 1.43. The van der Waals surface area contributed by atoms with Gasteiger partial charge in [-0.05, 0) is 45.4 Å². The Morgan fingerprint density at radius 1 is 1.20 bits per heavy atom. The van der Waals surface area contributed by atoms with Crippen LogP contribution in [0, 0.1) is 12.7 Å². The molecular weight excluding hydrogens is 555 g/mol. The van der Waals surface area contributed by atoms with Crippen molar-refractivity contribution in [3.8, 4) is 10.8 Å². The number of thiophene rings is 1. The topological polar surface area (TPSA) is 134 Å². The summed E-state index contributed by atoms with van der Waals surface area (Å²) in [5, 5.41) is 18.7. The van der Waals surface area contributed by atoms with E-state index in [0.717, 1.165) is 15.9 Å². The third kappa shape index (κ3) is 5.06. The molecule has 4 aromatic rings. The van der Waals surface area contributed by atoms with Gasteiger partial charge in [0.25, 0.3) is 5.56 Å².